The van der Waals surface area contributed by atoms with E-state index in [9.17, 15) is 4.79 Å². The Morgan fingerprint density at radius 1 is 1.36 bits per heavy atom. The highest BCUT2D eigenvalue weighted by molar-refractivity contribution is 5.72. The maximum atomic E-state index is 10.8. The number of oxazole rings is 1. The molecule has 0 aromatic carbocycles. The largest absolute Gasteiger partial charge is 0.418 e. The molecule has 0 aliphatic rings. The lowest BCUT2D eigenvalue weighted by Gasteiger charge is -1.96. The molecule has 0 atom stereocenters. The van der Waals surface area contributed by atoms with E-state index in [1.807, 2.05) is 27.7 Å². The number of aryl methyl sites for hydroxylation is 2. The topological polar surface area (TPSA) is 58.9 Å². The number of fused-ring (bicyclic) bond motifs is 1. The van der Waals surface area contributed by atoms with Gasteiger partial charge in [-0.15, -0.1) is 0 Å². The molecule has 0 saturated carbocycles. The van der Waals surface area contributed by atoms with E-state index in [0.717, 1.165) is 11.1 Å². The fourth-order valence-electron chi connectivity index (χ4n) is 1.10. The second kappa shape index (κ2) is 4.09. The van der Waals surface area contributed by atoms with Gasteiger partial charge in [0.25, 0.3) is 0 Å². The van der Waals surface area contributed by atoms with Crippen molar-refractivity contribution in [2.75, 3.05) is 0 Å². The number of aromatic nitrogens is 2. The van der Waals surface area contributed by atoms with Crippen LogP contribution in [-0.2, 0) is 0 Å². The average molecular weight is 194 g/mol. The zero-order chi connectivity index (χ0) is 10.7. The summed E-state index contributed by atoms with van der Waals surface area (Å²) in [6.07, 6.45) is 1.71. The van der Waals surface area contributed by atoms with E-state index >= 15 is 0 Å². The molecule has 76 valence electrons. The molecule has 0 aliphatic heterocycles. The van der Waals surface area contributed by atoms with Gasteiger partial charge in [0.1, 0.15) is 0 Å². The van der Waals surface area contributed by atoms with Crippen molar-refractivity contribution in [2.24, 2.45) is 0 Å². The Morgan fingerprint density at radius 2 is 2.00 bits per heavy atom. The van der Waals surface area contributed by atoms with E-state index in [0.29, 0.717) is 11.2 Å². The van der Waals surface area contributed by atoms with Crippen LogP contribution in [0.25, 0.3) is 11.2 Å². The van der Waals surface area contributed by atoms with Crippen molar-refractivity contribution >= 4 is 11.2 Å². The molecular weight excluding hydrogens is 180 g/mol. The Bertz CT molecular complexity index is 482. The normalized spacial score (nSPS) is 9.71. The standard InChI is InChI=1S/C8H8N2O2.C2H6/c1-4-3-9-7-6(5(4)2)12-8(11)10-7;1-2/h3H,1-2H3,(H,9,10,11);1-2H3. The molecule has 0 radical (unpaired) electrons. The van der Waals surface area contributed by atoms with Crippen LogP contribution in [-0.4, -0.2) is 9.97 Å². The fourth-order valence-corrected chi connectivity index (χ4v) is 1.10. The second-order valence-corrected chi connectivity index (χ2v) is 2.76. The van der Waals surface area contributed by atoms with Crippen LogP contribution in [0.2, 0.25) is 0 Å². The van der Waals surface area contributed by atoms with Crippen LogP contribution in [0.3, 0.4) is 0 Å². The third-order valence-electron chi connectivity index (χ3n) is 1.95. The van der Waals surface area contributed by atoms with Crippen molar-refractivity contribution in [3.8, 4) is 0 Å². The molecule has 2 heterocycles. The van der Waals surface area contributed by atoms with Gasteiger partial charge in [-0.2, -0.15) is 0 Å². The summed E-state index contributed by atoms with van der Waals surface area (Å²) >= 11 is 0. The quantitative estimate of drug-likeness (QED) is 0.699. The van der Waals surface area contributed by atoms with Crippen molar-refractivity contribution < 1.29 is 4.42 Å². The summed E-state index contributed by atoms with van der Waals surface area (Å²) < 4.78 is 4.91. The molecule has 0 aliphatic carbocycles. The minimum atomic E-state index is -0.453. The molecule has 4 heteroatoms. The lowest BCUT2D eigenvalue weighted by Crippen LogP contribution is -1.93. The monoisotopic (exact) mass is 194 g/mol. The first-order valence-corrected chi connectivity index (χ1v) is 4.63. The van der Waals surface area contributed by atoms with Gasteiger partial charge in [-0.3, -0.25) is 4.98 Å². The summed E-state index contributed by atoms with van der Waals surface area (Å²) in [4.78, 5) is 17.3. The van der Waals surface area contributed by atoms with Crippen molar-refractivity contribution in [3.63, 3.8) is 0 Å². The third kappa shape index (κ3) is 1.69. The van der Waals surface area contributed by atoms with E-state index < -0.39 is 5.76 Å². The number of nitrogens with one attached hydrogen (secondary N) is 1. The SMILES string of the molecule is CC.Cc1cnc2[nH]c(=O)oc2c1C. The molecule has 0 bridgehead atoms. The number of hydrogen-bond acceptors (Lipinski definition) is 3. The van der Waals surface area contributed by atoms with E-state index in [4.69, 9.17) is 4.42 Å². The van der Waals surface area contributed by atoms with Gasteiger partial charge in [0.2, 0.25) is 0 Å². The van der Waals surface area contributed by atoms with E-state index in [1.165, 1.54) is 0 Å². The van der Waals surface area contributed by atoms with Crippen LogP contribution < -0.4 is 5.76 Å². The van der Waals surface area contributed by atoms with Gasteiger partial charge >= 0.3 is 5.76 Å². The van der Waals surface area contributed by atoms with Gasteiger partial charge in [0.15, 0.2) is 11.2 Å². The Kier molecular flexibility index (Phi) is 3.06. The first kappa shape index (κ1) is 10.5. The van der Waals surface area contributed by atoms with Crippen molar-refractivity contribution in [1.82, 2.24) is 9.97 Å². The lowest BCUT2D eigenvalue weighted by atomic mass is 10.2. The van der Waals surface area contributed by atoms with Crippen molar-refractivity contribution in [3.05, 3.63) is 27.9 Å². The van der Waals surface area contributed by atoms with Gasteiger partial charge in [-0.05, 0) is 19.4 Å². The highest BCUT2D eigenvalue weighted by atomic mass is 16.4. The highest BCUT2D eigenvalue weighted by Crippen LogP contribution is 2.15. The molecule has 4 nitrogen and oxygen atoms in total. The Hall–Kier alpha value is -1.58. The smallest absolute Gasteiger partial charge is 0.406 e. The molecule has 14 heavy (non-hydrogen) atoms. The number of hydrogen-bond donors (Lipinski definition) is 1. The molecule has 0 fully saturated rings. The molecule has 0 saturated heterocycles. The van der Waals surface area contributed by atoms with Crippen LogP contribution in [0.15, 0.2) is 15.4 Å². The minimum absolute atomic E-state index is 0.453. The third-order valence-corrected chi connectivity index (χ3v) is 1.95. The predicted molar refractivity (Wildman–Crippen MR) is 55.5 cm³/mol. The predicted octanol–water partition coefficient (Wildman–Crippen LogP) is 2.16. The summed E-state index contributed by atoms with van der Waals surface area (Å²) in [5.74, 6) is -0.453. The number of rotatable bonds is 0. The van der Waals surface area contributed by atoms with Gasteiger partial charge in [-0.25, -0.2) is 9.78 Å². The van der Waals surface area contributed by atoms with Crippen LogP contribution in [0.5, 0.6) is 0 Å². The molecular formula is C10H14N2O2. The van der Waals surface area contributed by atoms with E-state index in [2.05, 4.69) is 9.97 Å². The van der Waals surface area contributed by atoms with Gasteiger partial charge < -0.3 is 4.42 Å². The van der Waals surface area contributed by atoms with Crippen molar-refractivity contribution in [2.45, 2.75) is 27.7 Å². The maximum absolute atomic E-state index is 10.8. The van der Waals surface area contributed by atoms with Crippen LogP contribution in [0.1, 0.15) is 25.0 Å². The minimum Gasteiger partial charge on any atom is -0.406 e. The van der Waals surface area contributed by atoms with Gasteiger partial charge in [0, 0.05) is 11.8 Å². The Morgan fingerprint density at radius 3 is 2.64 bits per heavy atom. The van der Waals surface area contributed by atoms with Crippen LogP contribution >= 0.6 is 0 Å². The maximum Gasteiger partial charge on any atom is 0.418 e. The van der Waals surface area contributed by atoms with Crippen LogP contribution in [0, 0.1) is 13.8 Å². The first-order chi connectivity index (χ1) is 6.68. The lowest BCUT2D eigenvalue weighted by molar-refractivity contribution is 0.553. The average Bonchev–Trinajstić information content (AvgIpc) is 2.57. The van der Waals surface area contributed by atoms with Gasteiger partial charge in [0.05, 0.1) is 0 Å². The van der Waals surface area contributed by atoms with E-state index in [1.54, 1.807) is 6.20 Å². The molecule has 0 amide bonds. The summed E-state index contributed by atoms with van der Waals surface area (Å²) in [5.41, 5.74) is 3.05. The molecule has 1 N–H and O–H groups in total. The second-order valence-electron chi connectivity index (χ2n) is 2.76. The zero-order valence-corrected chi connectivity index (χ0v) is 8.84. The van der Waals surface area contributed by atoms with E-state index in [-0.39, 0.29) is 0 Å². The Balaban J connectivity index is 0.000000461. The van der Waals surface area contributed by atoms with Crippen molar-refractivity contribution in [1.29, 1.82) is 0 Å². The summed E-state index contributed by atoms with van der Waals surface area (Å²) in [6, 6.07) is 0. The zero-order valence-electron chi connectivity index (χ0n) is 8.84. The summed E-state index contributed by atoms with van der Waals surface area (Å²) in [6.45, 7) is 7.82. The highest BCUT2D eigenvalue weighted by Gasteiger charge is 2.06. The number of H-pyrrole nitrogens is 1. The molecule has 2 rings (SSSR count). The first-order valence-electron chi connectivity index (χ1n) is 4.63. The molecule has 0 unspecified atom stereocenters. The number of nitrogens with zero attached hydrogens (tertiary/aromatic N) is 1. The summed E-state index contributed by atoms with van der Waals surface area (Å²) in [5, 5.41) is 0. The number of pyridine rings is 1. The fraction of sp³-hybridized carbons (Fsp3) is 0.400. The molecule has 0 spiro atoms. The number of aromatic amines is 1. The molecule has 2 aromatic rings. The van der Waals surface area contributed by atoms with Gasteiger partial charge in [-0.1, -0.05) is 13.8 Å². The summed E-state index contributed by atoms with van der Waals surface area (Å²) in [7, 11) is 0. The Labute approximate surface area is 82.0 Å². The van der Waals surface area contributed by atoms with Crippen LogP contribution in [0.4, 0.5) is 0 Å². The molecule has 2 aromatic heterocycles.